The Morgan fingerprint density at radius 3 is 2.38 bits per heavy atom. The molecular weight excluding hydrogens is 314 g/mol. The van der Waals surface area contributed by atoms with E-state index < -0.39 is 6.09 Å². The summed E-state index contributed by atoms with van der Waals surface area (Å²) in [6, 6.07) is -0.485. The molecule has 3 amide bonds. The van der Waals surface area contributed by atoms with Crippen molar-refractivity contribution in [1.82, 2.24) is 16.0 Å². The Kier molecular flexibility index (Phi) is 12.3. The molecule has 0 heterocycles. The van der Waals surface area contributed by atoms with Crippen molar-refractivity contribution in [3.63, 3.8) is 0 Å². The number of amides is 3. The van der Waals surface area contributed by atoms with Crippen molar-refractivity contribution in [3.8, 4) is 0 Å². The predicted molar refractivity (Wildman–Crippen MR) is 90.7 cm³/mol. The van der Waals surface area contributed by atoms with Gasteiger partial charge in [0.25, 0.3) is 0 Å². The second-order valence-corrected chi connectivity index (χ2v) is 5.86. The van der Waals surface area contributed by atoms with E-state index in [1.165, 1.54) is 7.11 Å². The smallest absolute Gasteiger partial charge is 0.407 e. The molecule has 0 spiro atoms. The molecule has 0 saturated carbocycles. The van der Waals surface area contributed by atoms with Gasteiger partial charge in [-0.25, -0.2) is 9.59 Å². The summed E-state index contributed by atoms with van der Waals surface area (Å²) in [5.41, 5.74) is 0. The molecule has 0 aliphatic rings. The summed E-state index contributed by atoms with van der Waals surface area (Å²) in [7, 11) is 1.35. The molecule has 0 aliphatic carbocycles. The van der Waals surface area contributed by atoms with E-state index in [9.17, 15) is 14.4 Å². The maximum atomic E-state index is 11.7. The molecule has 0 radical (unpaired) electrons. The maximum Gasteiger partial charge on any atom is 0.407 e. The van der Waals surface area contributed by atoms with Crippen LogP contribution in [0.5, 0.6) is 0 Å². The quantitative estimate of drug-likeness (QED) is 0.391. The summed E-state index contributed by atoms with van der Waals surface area (Å²) in [6.45, 7) is 6.93. The molecular formula is C16H31N3O5. The Morgan fingerprint density at radius 1 is 1.08 bits per heavy atom. The molecule has 0 fully saturated rings. The van der Waals surface area contributed by atoms with Gasteiger partial charge < -0.3 is 25.4 Å². The normalized spacial score (nSPS) is 11.5. The molecule has 0 bridgehead atoms. The van der Waals surface area contributed by atoms with Crippen LogP contribution in [-0.2, 0) is 14.3 Å². The molecule has 1 atom stereocenters. The van der Waals surface area contributed by atoms with Gasteiger partial charge in [-0.2, -0.15) is 0 Å². The number of methoxy groups -OCH3 is 1. The topological polar surface area (TPSA) is 106 Å². The van der Waals surface area contributed by atoms with E-state index in [0.29, 0.717) is 44.9 Å². The van der Waals surface area contributed by atoms with Gasteiger partial charge in [0, 0.05) is 25.6 Å². The van der Waals surface area contributed by atoms with Crippen molar-refractivity contribution in [2.24, 2.45) is 5.92 Å². The van der Waals surface area contributed by atoms with Gasteiger partial charge in [0.1, 0.15) is 0 Å². The van der Waals surface area contributed by atoms with E-state index in [1.807, 2.05) is 13.8 Å². The van der Waals surface area contributed by atoms with Crippen LogP contribution in [0.25, 0.3) is 0 Å². The van der Waals surface area contributed by atoms with Gasteiger partial charge in [-0.15, -0.1) is 0 Å². The van der Waals surface area contributed by atoms with Crippen LogP contribution < -0.4 is 16.0 Å². The minimum Gasteiger partial charge on any atom is -0.469 e. The number of hydrogen-bond acceptors (Lipinski definition) is 5. The first kappa shape index (κ1) is 22.0. The number of esters is 1. The second kappa shape index (κ2) is 13.4. The van der Waals surface area contributed by atoms with Crippen molar-refractivity contribution >= 4 is 18.1 Å². The van der Waals surface area contributed by atoms with E-state index in [-0.39, 0.29) is 18.0 Å². The molecule has 140 valence electrons. The Morgan fingerprint density at radius 2 is 1.79 bits per heavy atom. The fourth-order valence-corrected chi connectivity index (χ4v) is 2.08. The van der Waals surface area contributed by atoms with Crippen LogP contribution in [0.15, 0.2) is 0 Å². The number of nitrogens with one attached hydrogen (secondary N) is 3. The van der Waals surface area contributed by atoms with E-state index in [0.717, 1.165) is 6.42 Å². The largest absolute Gasteiger partial charge is 0.469 e. The zero-order valence-corrected chi connectivity index (χ0v) is 15.1. The Balaban J connectivity index is 3.98. The van der Waals surface area contributed by atoms with E-state index >= 15 is 0 Å². The highest BCUT2D eigenvalue weighted by molar-refractivity contribution is 5.74. The highest BCUT2D eigenvalue weighted by Crippen LogP contribution is 2.04. The fourth-order valence-electron chi connectivity index (χ4n) is 2.08. The summed E-state index contributed by atoms with van der Waals surface area (Å²) in [5, 5.41) is 8.19. The van der Waals surface area contributed by atoms with Gasteiger partial charge in [-0.1, -0.05) is 13.8 Å². The van der Waals surface area contributed by atoms with Crippen LogP contribution >= 0.6 is 0 Å². The zero-order valence-electron chi connectivity index (χ0n) is 15.1. The molecule has 0 aromatic heterocycles. The number of carbonyl (C=O) groups excluding carboxylic acids is 3. The molecule has 0 saturated heterocycles. The molecule has 0 aromatic rings. The molecule has 0 rings (SSSR count). The van der Waals surface area contributed by atoms with Crippen LogP contribution in [0.3, 0.4) is 0 Å². The number of carbonyl (C=O) groups is 3. The van der Waals surface area contributed by atoms with Gasteiger partial charge in [0.15, 0.2) is 0 Å². The van der Waals surface area contributed by atoms with Gasteiger partial charge in [-0.3, -0.25) is 4.79 Å². The van der Waals surface area contributed by atoms with Crippen molar-refractivity contribution in [3.05, 3.63) is 0 Å². The van der Waals surface area contributed by atoms with Crippen LogP contribution in [0.2, 0.25) is 0 Å². The first-order valence-corrected chi connectivity index (χ1v) is 8.40. The lowest BCUT2D eigenvalue weighted by Crippen LogP contribution is -2.47. The van der Waals surface area contributed by atoms with Gasteiger partial charge in [0.2, 0.25) is 0 Å². The summed E-state index contributed by atoms with van der Waals surface area (Å²) in [4.78, 5) is 34.2. The summed E-state index contributed by atoms with van der Waals surface area (Å²) >= 11 is 0. The van der Waals surface area contributed by atoms with E-state index in [2.05, 4.69) is 20.7 Å². The number of rotatable bonds is 11. The molecule has 8 heteroatoms. The molecule has 0 aromatic carbocycles. The predicted octanol–water partition coefficient (Wildman–Crippen LogP) is 1.79. The molecule has 24 heavy (non-hydrogen) atoms. The zero-order chi connectivity index (χ0) is 18.4. The van der Waals surface area contributed by atoms with Crippen molar-refractivity contribution in [2.45, 2.75) is 52.5 Å². The van der Waals surface area contributed by atoms with Crippen molar-refractivity contribution < 1.29 is 23.9 Å². The Labute approximate surface area is 144 Å². The van der Waals surface area contributed by atoms with Crippen LogP contribution in [0.4, 0.5) is 9.59 Å². The van der Waals surface area contributed by atoms with Gasteiger partial charge in [0.05, 0.1) is 13.7 Å². The summed E-state index contributed by atoms with van der Waals surface area (Å²) < 4.78 is 9.40. The number of alkyl carbamates (subject to hydrolysis) is 1. The molecule has 8 nitrogen and oxygen atoms in total. The minimum absolute atomic E-state index is 0.186. The first-order chi connectivity index (χ1) is 11.4. The summed E-state index contributed by atoms with van der Waals surface area (Å²) in [6.07, 6.45) is 1.96. The Hall–Kier alpha value is -1.99. The number of unbranched alkanes of at least 4 members (excludes halogenated alkanes) is 1. The van der Waals surface area contributed by atoms with Crippen molar-refractivity contribution in [2.75, 3.05) is 26.8 Å². The monoisotopic (exact) mass is 345 g/mol. The Bertz CT molecular complexity index is 388. The third-order valence-corrected chi connectivity index (χ3v) is 3.18. The lowest BCUT2D eigenvalue weighted by Gasteiger charge is -2.20. The third-order valence-electron chi connectivity index (χ3n) is 3.18. The van der Waals surface area contributed by atoms with E-state index in [4.69, 9.17) is 4.74 Å². The number of hydrogen-bond donors (Lipinski definition) is 3. The number of ether oxygens (including phenoxy) is 2. The van der Waals surface area contributed by atoms with Crippen LogP contribution in [0, 0.1) is 5.92 Å². The lowest BCUT2D eigenvalue weighted by atomic mass is 10.0. The fraction of sp³-hybridized carbons (Fsp3) is 0.812. The van der Waals surface area contributed by atoms with Crippen LogP contribution in [0.1, 0.15) is 46.5 Å². The highest BCUT2D eigenvalue weighted by atomic mass is 16.5. The SMILES string of the molecule is CCOC(=O)NC(CNC(=O)NCCCCC(=O)OC)CC(C)C. The minimum atomic E-state index is -0.479. The molecule has 1 unspecified atom stereocenters. The highest BCUT2D eigenvalue weighted by Gasteiger charge is 2.15. The van der Waals surface area contributed by atoms with Gasteiger partial charge >= 0.3 is 18.1 Å². The standard InChI is InChI=1S/C16H31N3O5/c1-5-24-16(22)19-13(10-12(2)3)11-18-15(21)17-9-7-6-8-14(20)23-4/h12-13H,5-11H2,1-4H3,(H,19,22)(H2,17,18,21). The van der Waals surface area contributed by atoms with Crippen molar-refractivity contribution in [1.29, 1.82) is 0 Å². The molecule has 0 aliphatic heterocycles. The summed E-state index contributed by atoms with van der Waals surface area (Å²) in [5.74, 6) is 0.126. The lowest BCUT2D eigenvalue weighted by molar-refractivity contribution is -0.140. The average Bonchev–Trinajstić information content (AvgIpc) is 2.51. The first-order valence-electron chi connectivity index (χ1n) is 8.40. The molecule has 3 N–H and O–H groups in total. The van der Waals surface area contributed by atoms with E-state index in [1.54, 1.807) is 6.92 Å². The van der Waals surface area contributed by atoms with Gasteiger partial charge in [-0.05, 0) is 32.1 Å². The third kappa shape index (κ3) is 12.5. The van der Waals surface area contributed by atoms with Crippen LogP contribution in [-0.4, -0.2) is 50.9 Å². The number of urea groups is 1. The maximum absolute atomic E-state index is 11.7. The average molecular weight is 345 g/mol. The second-order valence-electron chi connectivity index (χ2n) is 5.86.